The van der Waals surface area contributed by atoms with E-state index in [2.05, 4.69) is 105 Å². The van der Waals surface area contributed by atoms with Gasteiger partial charge in [-0.25, -0.2) is 0 Å². The van der Waals surface area contributed by atoms with E-state index in [-0.39, 0.29) is 0 Å². The van der Waals surface area contributed by atoms with Gasteiger partial charge in [-0.15, -0.1) is 0 Å². The topological polar surface area (TPSA) is 94.1 Å². The number of aromatic nitrogens is 3. The Hall–Kier alpha value is -8.24. The molecule has 6 nitrogen and oxygen atoms in total. The summed E-state index contributed by atoms with van der Waals surface area (Å²) in [6.07, 6.45) is 3.58. The van der Waals surface area contributed by atoms with E-state index in [1.54, 1.807) is 12.4 Å². The van der Waals surface area contributed by atoms with E-state index >= 15 is 0 Å². The highest BCUT2D eigenvalue weighted by Crippen LogP contribution is 2.41. The Morgan fingerprint density at radius 1 is 0.357 bits per heavy atom. The molecular weight excluding hydrogens is 685 g/mol. The molecule has 0 unspecified atom stereocenters. The number of benzene rings is 7. The number of hydrogen-bond acceptors (Lipinski definition) is 4. The van der Waals surface area contributed by atoms with Crippen molar-refractivity contribution in [2.75, 3.05) is 0 Å². The molecule has 0 fully saturated rings. The van der Waals surface area contributed by atoms with Crippen LogP contribution in [0.4, 0.5) is 0 Å². The summed E-state index contributed by atoms with van der Waals surface area (Å²) in [5.41, 5.74) is 12.8. The van der Waals surface area contributed by atoms with Gasteiger partial charge < -0.3 is 9.13 Å². The van der Waals surface area contributed by atoms with E-state index in [4.69, 9.17) is 0 Å². The average Bonchev–Trinajstić information content (AvgIpc) is 3.78. The standard InChI is InChI=1S/C50H28N6/c51-29-32-7-5-9-35(23-32)37-15-17-42-40-11-1-3-13-45(40)55(47(42)25-37)49-27-39(34-19-21-54-22-20-34)28-50(44(49)31-53)56-46-14-4-2-12-41(46)43-18-16-38(26-48(43)56)36-10-6-8-33(24-36)30-52/h1-28H. The lowest BCUT2D eigenvalue weighted by Gasteiger charge is -2.18. The van der Waals surface area contributed by atoms with Crippen molar-refractivity contribution in [1.29, 1.82) is 15.8 Å². The maximum Gasteiger partial charge on any atom is 0.104 e. The first-order valence-corrected chi connectivity index (χ1v) is 18.2. The first-order valence-electron chi connectivity index (χ1n) is 18.2. The van der Waals surface area contributed by atoms with Crippen LogP contribution >= 0.6 is 0 Å². The molecule has 0 atom stereocenters. The van der Waals surface area contributed by atoms with Crippen LogP contribution in [-0.2, 0) is 0 Å². The summed E-state index contributed by atoms with van der Waals surface area (Å²) in [7, 11) is 0. The quantitative estimate of drug-likeness (QED) is 0.177. The summed E-state index contributed by atoms with van der Waals surface area (Å²) in [5, 5.41) is 35.0. The Kier molecular flexibility index (Phi) is 7.53. The van der Waals surface area contributed by atoms with E-state index in [0.717, 1.165) is 88.4 Å². The third-order valence-corrected chi connectivity index (χ3v) is 10.7. The van der Waals surface area contributed by atoms with Crippen LogP contribution in [0.3, 0.4) is 0 Å². The predicted octanol–water partition coefficient (Wildman–Crippen LogP) is 11.9. The zero-order chi connectivity index (χ0) is 37.8. The molecule has 0 radical (unpaired) electrons. The van der Waals surface area contributed by atoms with Gasteiger partial charge in [0.05, 0.1) is 56.7 Å². The molecule has 56 heavy (non-hydrogen) atoms. The highest BCUT2D eigenvalue weighted by atomic mass is 15.0. The average molecular weight is 713 g/mol. The lowest BCUT2D eigenvalue weighted by Crippen LogP contribution is -2.05. The van der Waals surface area contributed by atoms with Gasteiger partial charge in [0.25, 0.3) is 0 Å². The minimum Gasteiger partial charge on any atom is -0.308 e. The summed E-state index contributed by atoms with van der Waals surface area (Å²) >= 11 is 0. The monoisotopic (exact) mass is 712 g/mol. The van der Waals surface area contributed by atoms with E-state index in [1.165, 1.54) is 0 Å². The van der Waals surface area contributed by atoms with Crippen LogP contribution < -0.4 is 0 Å². The summed E-state index contributed by atoms with van der Waals surface area (Å²) < 4.78 is 4.42. The fraction of sp³-hybridized carbons (Fsp3) is 0. The predicted molar refractivity (Wildman–Crippen MR) is 223 cm³/mol. The van der Waals surface area contributed by atoms with Crippen LogP contribution in [0.15, 0.2) is 170 Å². The molecule has 258 valence electrons. The number of nitrogens with zero attached hydrogens (tertiary/aromatic N) is 6. The van der Waals surface area contributed by atoms with Gasteiger partial charge in [-0.1, -0.05) is 84.9 Å². The van der Waals surface area contributed by atoms with E-state index < -0.39 is 0 Å². The van der Waals surface area contributed by atoms with Crippen molar-refractivity contribution >= 4 is 43.6 Å². The molecule has 0 saturated heterocycles. The summed E-state index contributed by atoms with van der Waals surface area (Å²) in [6.45, 7) is 0. The van der Waals surface area contributed by atoms with Crippen molar-refractivity contribution in [3.05, 3.63) is 187 Å². The molecule has 0 aliphatic rings. The SMILES string of the molecule is N#Cc1cccc(-c2ccc3c4ccccc4n(-c4cc(-c5ccncc5)cc(-n5c6ccccc6c6ccc(-c7cccc(C#N)c7)cc65)c4C#N)c3c2)c1. The smallest absolute Gasteiger partial charge is 0.104 e. The molecule has 3 aromatic heterocycles. The Morgan fingerprint density at radius 2 is 0.821 bits per heavy atom. The van der Waals surface area contributed by atoms with Crippen molar-refractivity contribution in [3.8, 4) is 63.0 Å². The molecule has 0 aliphatic heterocycles. The first-order chi connectivity index (χ1) is 27.6. The Bertz CT molecular complexity index is 3150. The molecule has 10 aromatic rings. The maximum atomic E-state index is 11.4. The zero-order valence-electron chi connectivity index (χ0n) is 29.8. The molecule has 0 amide bonds. The number of para-hydroxylation sites is 2. The summed E-state index contributed by atoms with van der Waals surface area (Å²) in [4.78, 5) is 4.31. The van der Waals surface area contributed by atoms with Crippen molar-refractivity contribution in [1.82, 2.24) is 14.1 Å². The number of pyridine rings is 1. The lowest BCUT2D eigenvalue weighted by molar-refractivity contribution is 1.12. The Labute approximate surface area is 322 Å². The maximum absolute atomic E-state index is 11.4. The van der Waals surface area contributed by atoms with Gasteiger partial charge in [0.2, 0.25) is 0 Å². The van der Waals surface area contributed by atoms with Gasteiger partial charge in [-0.05, 0) is 106 Å². The van der Waals surface area contributed by atoms with Gasteiger partial charge in [0, 0.05) is 33.9 Å². The van der Waals surface area contributed by atoms with E-state index in [0.29, 0.717) is 16.7 Å². The van der Waals surface area contributed by atoms with Crippen LogP contribution in [0.1, 0.15) is 16.7 Å². The Balaban J connectivity index is 1.32. The number of nitriles is 3. The number of rotatable bonds is 5. The minimum atomic E-state index is 0.516. The second kappa shape index (κ2) is 13.0. The molecule has 0 spiro atoms. The van der Waals surface area contributed by atoms with Crippen molar-refractivity contribution in [3.63, 3.8) is 0 Å². The molecule has 10 rings (SSSR count). The molecule has 0 bridgehead atoms. The van der Waals surface area contributed by atoms with Gasteiger partial charge in [0.15, 0.2) is 0 Å². The first kappa shape index (κ1) is 32.4. The summed E-state index contributed by atoms with van der Waals surface area (Å²) in [5.74, 6) is 0. The van der Waals surface area contributed by atoms with Crippen molar-refractivity contribution in [2.45, 2.75) is 0 Å². The van der Waals surface area contributed by atoms with Gasteiger partial charge >= 0.3 is 0 Å². The lowest BCUT2D eigenvalue weighted by atomic mass is 10.00. The second-order valence-corrected chi connectivity index (χ2v) is 13.8. The molecule has 7 aromatic carbocycles. The highest BCUT2D eigenvalue weighted by Gasteiger charge is 2.23. The molecule has 6 heteroatoms. The molecule has 0 aliphatic carbocycles. The van der Waals surface area contributed by atoms with Gasteiger partial charge in [0.1, 0.15) is 11.6 Å². The zero-order valence-corrected chi connectivity index (χ0v) is 29.8. The number of fused-ring (bicyclic) bond motifs is 6. The van der Waals surface area contributed by atoms with Crippen LogP contribution in [0, 0.1) is 34.0 Å². The van der Waals surface area contributed by atoms with Crippen molar-refractivity contribution in [2.24, 2.45) is 0 Å². The third-order valence-electron chi connectivity index (χ3n) is 10.7. The molecular formula is C50H28N6. The van der Waals surface area contributed by atoms with Gasteiger partial charge in [-0.3, -0.25) is 4.98 Å². The van der Waals surface area contributed by atoms with E-state index in [1.807, 2.05) is 84.9 Å². The molecule has 0 N–H and O–H groups in total. The van der Waals surface area contributed by atoms with Crippen LogP contribution in [-0.4, -0.2) is 14.1 Å². The fourth-order valence-corrected chi connectivity index (χ4v) is 8.15. The Morgan fingerprint density at radius 3 is 1.30 bits per heavy atom. The van der Waals surface area contributed by atoms with Crippen LogP contribution in [0.25, 0.3) is 88.4 Å². The van der Waals surface area contributed by atoms with Crippen LogP contribution in [0.5, 0.6) is 0 Å². The number of hydrogen-bond donors (Lipinski definition) is 0. The molecule has 3 heterocycles. The largest absolute Gasteiger partial charge is 0.308 e. The third kappa shape index (κ3) is 5.12. The summed E-state index contributed by atoms with van der Waals surface area (Å²) in [6, 6.07) is 60.1. The van der Waals surface area contributed by atoms with Gasteiger partial charge in [-0.2, -0.15) is 15.8 Å². The highest BCUT2D eigenvalue weighted by molar-refractivity contribution is 6.12. The van der Waals surface area contributed by atoms with Crippen LogP contribution in [0.2, 0.25) is 0 Å². The van der Waals surface area contributed by atoms with Crippen molar-refractivity contribution < 1.29 is 0 Å². The normalized spacial score (nSPS) is 11.2. The second-order valence-electron chi connectivity index (χ2n) is 13.8. The minimum absolute atomic E-state index is 0.516. The molecule has 0 saturated carbocycles. The van der Waals surface area contributed by atoms with E-state index in [9.17, 15) is 15.8 Å². The fourth-order valence-electron chi connectivity index (χ4n) is 8.15.